The smallest absolute Gasteiger partial charge is 0.141 e. The summed E-state index contributed by atoms with van der Waals surface area (Å²) in [6.07, 6.45) is 0. The van der Waals surface area contributed by atoms with Crippen LogP contribution in [0.3, 0.4) is 0 Å². The zero-order chi connectivity index (χ0) is 15.6. The van der Waals surface area contributed by atoms with Crippen LogP contribution in [-0.2, 0) is 0 Å². The Hall–Kier alpha value is -0.710. The first-order valence-corrected chi connectivity index (χ1v) is 8.38. The third kappa shape index (κ3) is 3.38. The molecule has 1 atom stereocenters. The molecule has 0 aromatic heterocycles. The van der Waals surface area contributed by atoms with Gasteiger partial charge in [-0.1, -0.05) is 39.7 Å². The fourth-order valence-corrected chi connectivity index (χ4v) is 3.89. The molecule has 0 bridgehead atoms. The van der Waals surface area contributed by atoms with Crippen molar-refractivity contribution < 1.29 is 9.47 Å². The summed E-state index contributed by atoms with van der Waals surface area (Å²) < 4.78 is 11.6. The topological polar surface area (TPSA) is 18.5 Å². The van der Waals surface area contributed by atoms with E-state index in [4.69, 9.17) is 21.1 Å². The normalized spacial score (nSPS) is 12.1. The van der Waals surface area contributed by atoms with Crippen molar-refractivity contribution in [3.63, 3.8) is 0 Å². The highest BCUT2D eigenvalue weighted by Gasteiger charge is 2.21. The third-order valence-electron chi connectivity index (χ3n) is 3.30. The van der Waals surface area contributed by atoms with E-state index in [2.05, 4.69) is 38.8 Å². The summed E-state index contributed by atoms with van der Waals surface area (Å²) in [6.45, 7) is 2.06. The molecule has 0 saturated carbocycles. The van der Waals surface area contributed by atoms with Crippen LogP contribution >= 0.6 is 43.5 Å². The Kier molecular flexibility index (Phi) is 5.58. The number of hydrogen-bond donors (Lipinski definition) is 0. The van der Waals surface area contributed by atoms with Crippen molar-refractivity contribution in [3.05, 3.63) is 56.5 Å². The van der Waals surface area contributed by atoms with Crippen LogP contribution in [0.25, 0.3) is 0 Å². The molecule has 21 heavy (non-hydrogen) atoms. The molecular formula is C16H15Br2ClO2. The third-order valence-corrected chi connectivity index (χ3v) is 5.28. The maximum absolute atomic E-state index is 6.12. The fraction of sp³-hybridized carbons (Fsp3) is 0.250. The Bertz CT molecular complexity index is 659. The van der Waals surface area contributed by atoms with E-state index in [1.54, 1.807) is 14.2 Å². The quantitative estimate of drug-likeness (QED) is 0.557. The van der Waals surface area contributed by atoms with E-state index in [-0.39, 0.29) is 4.83 Å². The Morgan fingerprint density at radius 2 is 1.76 bits per heavy atom. The van der Waals surface area contributed by atoms with Crippen molar-refractivity contribution >= 4 is 43.5 Å². The van der Waals surface area contributed by atoms with Gasteiger partial charge in [0.1, 0.15) is 16.0 Å². The molecule has 0 radical (unpaired) electrons. The molecule has 0 saturated heterocycles. The Labute approximate surface area is 146 Å². The highest BCUT2D eigenvalue weighted by Crippen LogP contribution is 2.45. The van der Waals surface area contributed by atoms with Crippen LogP contribution in [-0.4, -0.2) is 14.2 Å². The van der Waals surface area contributed by atoms with Gasteiger partial charge in [0.15, 0.2) is 0 Å². The van der Waals surface area contributed by atoms with Gasteiger partial charge in [-0.3, -0.25) is 0 Å². The van der Waals surface area contributed by atoms with E-state index in [0.717, 1.165) is 32.7 Å². The largest absolute Gasteiger partial charge is 0.495 e. The van der Waals surface area contributed by atoms with E-state index in [1.165, 1.54) is 0 Å². The first kappa shape index (κ1) is 16.7. The lowest BCUT2D eigenvalue weighted by atomic mass is 9.99. The minimum absolute atomic E-state index is 0.0200. The van der Waals surface area contributed by atoms with Crippen LogP contribution in [0.2, 0.25) is 5.02 Å². The molecule has 0 N–H and O–H groups in total. The summed E-state index contributed by atoms with van der Waals surface area (Å²) in [6, 6.07) is 9.77. The summed E-state index contributed by atoms with van der Waals surface area (Å²) in [5.41, 5.74) is 3.28. The van der Waals surface area contributed by atoms with E-state index >= 15 is 0 Å². The van der Waals surface area contributed by atoms with Gasteiger partial charge >= 0.3 is 0 Å². The lowest BCUT2D eigenvalue weighted by Gasteiger charge is -2.19. The summed E-state index contributed by atoms with van der Waals surface area (Å²) in [5, 5.41) is 0.714. The second kappa shape index (κ2) is 7.03. The minimum Gasteiger partial charge on any atom is -0.495 e. The van der Waals surface area contributed by atoms with Crippen LogP contribution in [0.5, 0.6) is 11.5 Å². The molecule has 0 heterocycles. The number of halogens is 3. The maximum Gasteiger partial charge on any atom is 0.141 e. The highest BCUT2D eigenvalue weighted by molar-refractivity contribution is 9.10. The number of ether oxygens (including phenoxy) is 2. The van der Waals surface area contributed by atoms with Crippen molar-refractivity contribution in [1.29, 1.82) is 0 Å². The molecule has 2 nitrogen and oxygen atoms in total. The average molecular weight is 435 g/mol. The maximum atomic E-state index is 6.12. The molecule has 0 amide bonds. The molecule has 0 aliphatic heterocycles. The van der Waals surface area contributed by atoms with E-state index in [1.807, 2.05) is 30.3 Å². The van der Waals surface area contributed by atoms with Gasteiger partial charge in [0.2, 0.25) is 0 Å². The minimum atomic E-state index is -0.0200. The first-order chi connectivity index (χ1) is 9.99. The Balaban J connectivity index is 2.55. The number of methoxy groups -OCH3 is 2. The zero-order valence-electron chi connectivity index (χ0n) is 11.9. The monoisotopic (exact) mass is 432 g/mol. The molecule has 112 valence electrons. The molecular weight excluding hydrogens is 419 g/mol. The van der Waals surface area contributed by atoms with Crippen molar-refractivity contribution in [2.45, 2.75) is 11.8 Å². The van der Waals surface area contributed by atoms with Crippen LogP contribution in [0.15, 0.2) is 34.8 Å². The van der Waals surface area contributed by atoms with Gasteiger partial charge < -0.3 is 9.47 Å². The zero-order valence-corrected chi connectivity index (χ0v) is 15.8. The summed E-state index contributed by atoms with van der Waals surface area (Å²) in [5.74, 6) is 1.48. The standard InChI is InChI=1S/C16H15Br2ClO2/c1-9-4-5-10(19)8-12(9)14(17)11-6-7-13(20-2)15(18)16(11)21-3/h4-8,14H,1-3H3. The molecule has 2 aromatic carbocycles. The number of alkyl halides is 1. The van der Waals surface area contributed by atoms with Gasteiger partial charge in [0.25, 0.3) is 0 Å². The van der Waals surface area contributed by atoms with Gasteiger partial charge in [-0.05, 0) is 52.2 Å². The van der Waals surface area contributed by atoms with Gasteiger partial charge in [0.05, 0.1) is 19.0 Å². The predicted octanol–water partition coefficient (Wildman–Crippen LogP) is 5.91. The summed E-state index contributed by atoms with van der Waals surface area (Å²) in [7, 11) is 3.28. The first-order valence-electron chi connectivity index (χ1n) is 6.30. The van der Waals surface area contributed by atoms with Crippen LogP contribution in [0, 0.1) is 6.92 Å². The van der Waals surface area contributed by atoms with Gasteiger partial charge in [-0.2, -0.15) is 0 Å². The van der Waals surface area contributed by atoms with E-state index in [9.17, 15) is 0 Å². The van der Waals surface area contributed by atoms with Crippen LogP contribution < -0.4 is 9.47 Å². The molecule has 5 heteroatoms. The number of rotatable bonds is 4. The number of hydrogen-bond acceptors (Lipinski definition) is 2. The molecule has 0 fully saturated rings. The molecule has 2 rings (SSSR count). The van der Waals surface area contributed by atoms with Crippen LogP contribution in [0.4, 0.5) is 0 Å². The van der Waals surface area contributed by atoms with Crippen molar-refractivity contribution in [2.75, 3.05) is 14.2 Å². The van der Waals surface area contributed by atoms with E-state index in [0.29, 0.717) is 5.02 Å². The molecule has 0 aliphatic carbocycles. The average Bonchev–Trinajstić information content (AvgIpc) is 2.48. The van der Waals surface area contributed by atoms with Gasteiger partial charge in [0, 0.05) is 10.6 Å². The molecule has 0 aliphatic rings. The molecule has 0 spiro atoms. The van der Waals surface area contributed by atoms with E-state index < -0.39 is 0 Å². The SMILES string of the molecule is COc1ccc(C(Br)c2cc(Cl)ccc2C)c(OC)c1Br. The molecule has 2 aromatic rings. The van der Waals surface area contributed by atoms with Crippen LogP contribution in [0.1, 0.15) is 21.5 Å². The van der Waals surface area contributed by atoms with Crippen molar-refractivity contribution in [2.24, 2.45) is 0 Å². The van der Waals surface area contributed by atoms with Gasteiger partial charge in [-0.15, -0.1) is 0 Å². The second-order valence-corrected chi connectivity index (χ2v) is 6.71. The number of aryl methyl sites for hydroxylation is 1. The highest BCUT2D eigenvalue weighted by atomic mass is 79.9. The second-order valence-electron chi connectivity index (χ2n) is 4.57. The van der Waals surface area contributed by atoms with Gasteiger partial charge in [-0.25, -0.2) is 0 Å². The van der Waals surface area contributed by atoms with Crippen molar-refractivity contribution in [1.82, 2.24) is 0 Å². The van der Waals surface area contributed by atoms with Crippen molar-refractivity contribution in [3.8, 4) is 11.5 Å². The predicted molar refractivity (Wildman–Crippen MR) is 94.2 cm³/mol. The molecule has 1 unspecified atom stereocenters. The Morgan fingerprint density at radius 1 is 1.05 bits per heavy atom. The fourth-order valence-electron chi connectivity index (χ4n) is 2.17. The summed E-state index contributed by atoms with van der Waals surface area (Å²) in [4.78, 5) is -0.0200. The lowest BCUT2D eigenvalue weighted by Crippen LogP contribution is -2.01. The summed E-state index contributed by atoms with van der Waals surface area (Å²) >= 11 is 13.4. The lowest BCUT2D eigenvalue weighted by molar-refractivity contribution is 0.386. The number of benzene rings is 2. The Morgan fingerprint density at radius 3 is 2.38 bits per heavy atom.